The van der Waals surface area contributed by atoms with E-state index in [-0.39, 0.29) is 34.1 Å². The molecule has 2 aromatic heterocycles. The van der Waals surface area contributed by atoms with Crippen molar-refractivity contribution in [3.05, 3.63) is 64.5 Å². The second-order valence-electron chi connectivity index (χ2n) is 12.5. The number of ether oxygens (including phenoxy) is 1. The number of benzene rings is 2. The van der Waals surface area contributed by atoms with Gasteiger partial charge in [0.1, 0.15) is 10.0 Å². The van der Waals surface area contributed by atoms with Gasteiger partial charge in [-0.25, -0.2) is 13.4 Å². The Morgan fingerprint density at radius 2 is 1.69 bits per heavy atom. The maximum atomic E-state index is 13.6. The van der Waals surface area contributed by atoms with Gasteiger partial charge >= 0.3 is 0 Å². The van der Waals surface area contributed by atoms with Gasteiger partial charge in [0.25, 0.3) is 5.91 Å². The minimum atomic E-state index is -3.70. The summed E-state index contributed by atoms with van der Waals surface area (Å²) >= 11 is 3.21. The second-order valence-corrected chi connectivity index (χ2v) is 16.5. The van der Waals surface area contributed by atoms with E-state index >= 15 is 0 Å². The van der Waals surface area contributed by atoms with Gasteiger partial charge in [-0.15, -0.1) is 22.7 Å². The van der Waals surface area contributed by atoms with Gasteiger partial charge in [0.2, 0.25) is 10.0 Å². The minimum absolute atomic E-state index is 0.137. The molecule has 6 rings (SSSR count). The number of nitrogens with one attached hydrogen (secondary N) is 2. The molecular weight excluding hydrogens is 589 g/mol. The molecule has 2 N–H and O–H groups in total. The van der Waals surface area contributed by atoms with Crippen LogP contribution in [0.25, 0.3) is 20.8 Å². The molecular formula is C31H36N4O4S3. The molecule has 11 heteroatoms. The van der Waals surface area contributed by atoms with Crippen molar-refractivity contribution in [3.8, 4) is 10.6 Å². The maximum absolute atomic E-state index is 13.6. The van der Waals surface area contributed by atoms with Crippen LogP contribution in [0.5, 0.6) is 0 Å². The lowest BCUT2D eigenvalue weighted by Gasteiger charge is -2.42. The Morgan fingerprint density at radius 3 is 2.36 bits per heavy atom. The maximum Gasteiger partial charge on any atom is 0.256 e. The summed E-state index contributed by atoms with van der Waals surface area (Å²) in [6.07, 6.45) is 0.440. The third-order valence-corrected chi connectivity index (χ3v) is 12.1. The Labute approximate surface area is 255 Å². The molecule has 2 aliphatic rings. The molecule has 4 aromatic rings. The number of carbonyl (C=O) groups is 1. The van der Waals surface area contributed by atoms with E-state index in [2.05, 4.69) is 44.4 Å². The molecule has 222 valence electrons. The number of rotatable bonds is 5. The van der Waals surface area contributed by atoms with Crippen LogP contribution < -0.4 is 10.6 Å². The summed E-state index contributed by atoms with van der Waals surface area (Å²) in [5.41, 5.74) is 3.07. The summed E-state index contributed by atoms with van der Waals surface area (Å²) in [4.78, 5) is 19.9. The number of carbonyl (C=O) groups excluding carboxylic acids is 1. The summed E-state index contributed by atoms with van der Waals surface area (Å²) in [5.74, 6) is -0.293. The van der Waals surface area contributed by atoms with Crippen LogP contribution in [0.4, 0.5) is 5.00 Å². The fourth-order valence-electron chi connectivity index (χ4n) is 6.25. The molecule has 1 amide bonds. The monoisotopic (exact) mass is 624 g/mol. The van der Waals surface area contributed by atoms with Crippen LogP contribution in [0, 0.1) is 0 Å². The Morgan fingerprint density at radius 1 is 1.02 bits per heavy atom. The average molecular weight is 625 g/mol. The first-order valence-electron chi connectivity index (χ1n) is 14.1. The number of fused-ring (bicyclic) bond motifs is 2. The molecule has 4 heterocycles. The highest BCUT2D eigenvalue weighted by Gasteiger charge is 2.41. The normalized spacial score (nSPS) is 22.1. The highest BCUT2D eigenvalue weighted by Crippen LogP contribution is 2.50. The average Bonchev–Trinajstić information content (AvgIpc) is 3.48. The largest absolute Gasteiger partial charge is 0.373 e. The predicted octanol–water partition coefficient (Wildman–Crippen LogP) is 6.23. The van der Waals surface area contributed by atoms with Gasteiger partial charge in [-0.1, -0.05) is 12.1 Å². The Balaban J connectivity index is 1.34. The molecule has 2 aliphatic heterocycles. The summed E-state index contributed by atoms with van der Waals surface area (Å²) in [5, 5.41) is 8.56. The number of thiazole rings is 1. The van der Waals surface area contributed by atoms with E-state index in [4.69, 9.17) is 9.72 Å². The molecule has 2 atom stereocenters. The highest BCUT2D eigenvalue weighted by molar-refractivity contribution is 7.89. The molecule has 1 saturated heterocycles. The van der Waals surface area contributed by atoms with Crippen molar-refractivity contribution in [2.45, 2.75) is 76.1 Å². The molecule has 8 nitrogen and oxygen atoms in total. The third kappa shape index (κ3) is 5.42. The SMILES string of the molecule is CC1CN(S(=O)(=O)c2ccc(C(=O)Nc3sc4c(c3-c3nc5ccccc5s3)CC(C)(C)NC4(C)C)cc2)CC(C)O1. The molecule has 1 fully saturated rings. The van der Waals surface area contributed by atoms with Crippen molar-refractivity contribution < 1.29 is 17.9 Å². The van der Waals surface area contributed by atoms with Gasteiger partial charge in [0, 0.05) is 40.2 Å². The van der Waals surface area contributed by atoms with Gasteiger partial charge in [0.15, 0.2) is 0 Å². The molecule has 0 radical (unpaired) electrons. The van der Waals surface area contributed by atoms with Crippen molar-refractivity contribution in [3.63, 3.8) is 0 Å². The number of anilines is 1. The van der Waals surface area contributed by atoms with Gasteiger partial charge in [-0.05, 0) is 89.9 Å². The van der Waals surface area contributed by atoms with Crippen LogP contribution in [0.15, 0.2) is 53.4 Å². The Hall–Kier alpha value is -2.67. The first kappa shape index (κ1) is 29.4. The zero-order valence-corrected chi connectivity index (χ0v) is 27.1. The quantitative estimate of drug-likeness (QED) is 0.273. The fraction of sp³-hybridized carbons (Fsp3) is 0.419. The van der Waals surface area contributed by atoms with E-state index in [1.807, 2.05) is 32.0 Å². The number of sulfonamides is 1. The van der Waals surface area contributed by atoms with Crippen molar-refractivity contribution in [1.82, 2.24) is 14.6 Å². The van der Waals surface area contributed by atoms with Crippen molar-refractivity contribution in [1.29, 1.82) is 0 Å². The minimum Gasteiger partial charge on any atom is -0.373 e. The van der Waals surface area contributed by atoms with Crippen molar-refractivity contribution in [2.24, 2.45) is 0 Å². The number of aromatic nitrogens is 1. The lowest BCUT2D eigenvalue weighted by atomic mass is 9.81. The first-order chi connectivity index (χ1) is 19.7. The lowest BCUT2D eigenvalue weighted by molar-refractivity contribution is -0.0440. The zero-order chi connectivity index (χ0) is 30.0. The van der Waals surface area contributed by atoms with Gasteiger partial charge in [-0.3, -0.25) is 4.79 Å². The number of hydrogen-bond acceptors (Lipinski definition) is 8. The van der Waals surface area contributed by atoms with Crippen LogP contribution in [-0.4, -0.2) is 54.5 Å². The molecule has 2 aromatic carbocycles. The highest BCUT2D eigenvalue weighted by atomic mass is 32.2. The first-order valence-corrected chi connectivity index (χ1v) is 17.2. The third-order valence-electron chi connectivity index (χ3n) is 7.72. The molecule has 42 heavy (non-hydrogen) atoms. The van der Waals surface area contributed by atoms with Gasteiger partial charge in [0.05, 0.1) is 27.3 Å². The van der Waals surface area contributed by atoms with Crippen LogP contribution in [-0.2, 0) is 26.7 Å². The summed E-state index contributed by atoms with van der Waals surface area (Å²) in [6, 6.07) is 14.3. The van der Waals surface area contributed by atoms with E-state index in [0.29, 0.717) is 18.7 Å². The fourth-order valence-corrected chi connectivity index (χ4v) is 10.2. The van der Waals surface area contributed by atoms with Crippen LogP contribution in [0.2, 0.25) is 0 Å². The summed E-state index contributed by atoms with van der Waals surface area (Å²) in [7, 11) is -3.70. The van der Waals surface area contributed by atoms with E-state index in [1.54, 1.807) is 34.8 Å². The number of amides is 1. The number of thiophene rings is 1. The molecule has 0 bridgehead atoms. The Kier molecular flexibility index (Phi) is 7.35. The summed E-state index contributed by atoms with van der Waals surface area (Å²) in [6.45, 7) is 13.1. The van der Waals surface area contributed by atoms with E-state index in [9.17, 15) is 13.2 Å². The topological polar surface area (TPSA) is 101 Å². The Bertz CT molecular complexity index is 1730. The molecule has 0 saturated carbocycles. The van der Waals surface area contributed by atoms with Crippen LogP contribution in [0.1, 0.15) is 62.3 Å². The standard InChI is InChI=1S/C31H36N4O4S3/c1-18-16-35(17-19(2)39-18)42(37,38)21-13-11-20(12-14-21)27(36)33-29-25(28-32-23-9-7-8-10-24(23)40-28)22-15-30(3,4)34-31(5,6)26(22)41-29/h7-14,18-19,34H,15-17H2,1-6H3,(H,33,36). The predicted molar refractivity (Wildman–Crippen MR) is 170 cm³/mol. The summed E-state index contributed by atoms with van der Waals surface area (Å²) < 4.78 is 34.9. The lowest BCUT2D eigenvalue weighted by Crippen LogP contribution is -2.54. The van der Waals surface area contributed by atoms with Crippen LogP contribution >= 0.6 is 22.7 Å². The van der Waals surface area contributed by atoms with Gasteiger partial charge in [-0.2, -0.15) is 4.31 Å². The second kappa shape index (κ2) is 10.5. The van der Waals surface area contributed by atoms with E-state index in [1.165, 1.54) is 26.9 Å². The van der Waals surface area contributed by atoms with Gasteiger partial charge < -0.3 is 15.4 Å². The van der Waals surface area contributed by atoms with Crippen molar-refractivity contribution >= 4 is 53.8 Å². The van der Waals surface area contributed by atoms with Crippen molar-refractivity contribution in [2.75, 3.05) is 18.4 Å². The number of nitrogens with zero attached hydrogens (tertiary/aromatic N) is 2. The molecule has 0 spiro atoms. The van der Waals surface area contributed by atoms with Crippen LogP contribution in [0.3, 0.4) is 0 Å². The number of hydrogen-bond donors (Lipinski definition) is 2. The zero-order valence-electron chi connectivity index (χ0n) is 24.6. The van der Waals surface area contributed by atoms with E-state index < -0.39 is 10.0 Å². The molecule has 0 aliphatic carbocycles. The number of morpholine rings is 1. The van der Waals surface area contributed by atoms with E-state index in [0.717, 1.165) is 32.2 Å². The number of para-hydroxylation sites is 1. The molecule has 2 unspecified atom stereocenters. The smallest absolute Gasteiger partial charge is 0.256 e.